The molecule has 0 aliphatic carbocycles. The van der Waals surface area contributed by atoms with Gasteiger partial charge in [0.05, 0.1) is 0 Å². The second-order valence-electron chi connectivity index (χ2n) is 0.839. The Labute approximate surface area is 37.0 Å². The fraction of sp³-hybridized carbons (Fsp3) is 0.500. The second-order valence-corrected chi connectivity index (χ2v) is 0.839. The second kappa shape index (κ2) is 2.70. The van der Waals surface area contributed by atoms with Gasteiger partial charge in [0, 0.05) is 0 Å². The van der Waals surface area contributed by atoms with Crippen LogP contribution in [0.2, 0.25) is 0 Å². The van der Waals surface area contributed by atoms with Crippen molar-refractivity contribution in [3.8, 4) is 11.8 Å². The Hall–Kier alpha value is -0.520. The molecule has 0 saturated heterocycles. The fourth-order valence-electron chi connectivity index (χ4n) is 0.148. The molecule has 0 saturated carbocycles. The lowest BCUT2D eigenvalue weighted by Gasteiger charge is -1.83. The van der Waals surface area contributed by atoms with Gasteiger partial charge in [0.15, 0.2) is 6.23 Å². The Morgan fingerprint density at radius 2 is 2.33 bits per heavy atom. The molecule has 2 nitrogen and oxygen atoms in total. The molecule has 0 aliphatic rings. The van der Waals surface area contributed by atoms with Crippen LogP contribution in [-0.2, 0) is 0 Å². The van der Waals surface area contributed by atoms with Gasteiger partial charge in [-0.2, -0.15) is 0 Å². The Morgan fingerprint density at radius 3 is 2.33 bits per heavy atom. The van der Waals surface area contributed by atoms with E-state index in [-0.39, 0.29) is 0 Å². The predicted molar refractivity (Wildman–Crippen MR) is 23.6 cm³/mol. The van der Waals surface area contributed by atoms with Crippen molar-refractivity contribution in [2.24, 2.45) is 5.73 Å². The van der Waals surface area contributed by atoms with Gasteiger partial charge in [-0.15, -0.1) is 5.92 Å². The average Bonchev–Trinajstić information content (AvgIpc) is 1.35. The van der Waals surface area contributed by atoms with Gasteiger partial charge in [0.2, 0.25) is 0 Å². The van der Waals surface area contributed by atoms with E-state index >= 15 is 0 Å². The van der Waals surface area contributed by atoms with Crippen molar-refractivity contribution in [1.82, 2.24) is 0 Å². The number of nitrogens with two attached hydrogens (primary N) is 1. The highest BCUT2D eigenvalue weighted by Crippen LogP contribution is 1.57. The summed E-state index contributed by atoms with van der Waals surface area (Å²) < 4.78 is 0. The molecule has 0 aromatic heterocycles. The summed E-state index contributed by atoms with van der Waals surface area (Å²) >= 11 is 0. The Balaban J connectivity index is 3.20. The van der Waals surface area contributed by atoms with Crippen molar-refractivity contribution in [2.75, 3.05) is 0 Å². The highest BCUT2D eigenvalue weighted by atomic mass is 16.3. The topological polar surface area (TPSA) is 46.2 Å². The van der Waals surface area contributed by atoms with E-state index in [0.29, 0.717) is 0 Å². The van der Waals surface area contributed by atoms with Crippen molar-refractivity contribution in [3.63, 3.8) is 0 Å². The monoisotopic (exact) mass is 85.1 g/mol. The van der Waals surface area contributed by atoms with E-state index in [1.54, 1.807) is 6.92 Å². The molecule has 0 rings (SSSR count). The molecule has 0 aromatic carbocycles. The van der Waals surface area contributed by atoms with Gasteiger partial charge in [-0.1, -0.05) is 5.92 Å². The molecule has 2 heteroatoms. The lowest BCUT2D eigenvalue weighted by atomic mass is 10.6. The van der Waals surface area contributed by atoms with Gasteiger partial charge in [-0.3, -0.25) is 5.73 Å². The molecule has 0 amide bonds. The van der Waals surface area contributed by atoms with Crippen LogP contribution >= 0.6 is 0 Å². The maximum absolute atomic E-state index is 8.16. The highest BCUT2D eigenvalue weighted by molar-refractivity contribution is 4.98. The van der Waals surface area contributed by atoms with Gasteiger partial charge in [-0.25, -0.2) is 0 Å². The molecule has 0 spiro atoms. The molecule has 0 bridgehead atoms. The van der Waals surface area contributed by atoms with Crippen LogP contribution in [0.15, 0.2) is 0 Å². The van der Waals surface area contributed by atoms with Gasteiger partial charge in [0.25, 0.3) is 0 Å². The first-order chi connectivity index (χ1) is 2.77. The molecule has 0 radical (unpaired) electrons. The zero-order chi connectivity index (χ0) is 4.99. The molecule has 34 valence electrons. The van der Waals surface area contributed by atoms with Crippen LogP contribution in [0.4, 0.5) is 0 Å². The first-order valence-electron chi connectivity index (χ1n) is 1.63. The molecular weight excluding hydrogens is 78.0 g/mol. The minimum Gasteiger partial charge on any atom is -0.368 e. The van der Waals surface area contributed by atoms with Crippen molar-refractivity contribution < 1.29 is 5.11 Å². The van der Waals surface area contributed by atoms with Crippen LogP contribution in [-0.4, -0.2) is 11.3 Å². The van der Waals surface area contributed by atoms with E-state index in [9.17, 15) is 0 Å². The minimum absolute atomic E-state index is 0.963. The molecule has 0 unspecified atom stereocenters. The molecule has 0 heterocycles. The van der Waals surface area contributed by atoms with Gasteiger partial charge in [0.1, 0.15) is 0 Å². The zero-order valence-electron chi connectivity index (χ0n) is 3.60. The summed E-state index contributed by atoms with van der Waals surface area (Å²) in [6, 6.07) is 0. The van der Waals surface area contributed by atoms with Crippen LogP contribution in [0.3, 0.4) is 0 Å². The molecule has 6 heavy (non-hydrogen) atoms. The van der Waals surface area contributed by atoms with Crippen LogP contribution in [0.1, 0.15) is 6.92 Å². The molecular formula is C4H7NO. The molecule has 0 fully saturated rings. The van der Waals surface area contributed by atoms with Crippen molar-refractivity contribution in [3.05, 3.63) is 0 Å². The van der Waals surface area contributed by atoms with E-state index in [1.807, 2.05) is 0 Å². The predicted octanol–water partition coefficient (Wildman–Crippen LogP) is -0.713. The van der Waals surface area contributed by atoms with E-state index in [1.165, 1.54) is 0 Å². The smallest absolute Gasteiger partial charge is 0.165 e. The number of rotatable bonds is 0. The maximum atomic E-state index is 8.16. The summed E-state index contributed by atoms with van der Waals surface area (Å²) in [5, 5.41) is 8.16. The van der Waals surface area contributed by atoms with Crippen LogP contribution in [0, 0.1) is 11.8 Å². The summed E-state index contributed by atoms with van der Waals surface area (Å²) in [5.74, 6) is 4.73. The van der Waals surface area contributed by atoms with E-state index in [2.05, 4.69) is 11.8 Å². The van der Waals surface area contributed by atoms with Gasteiger partial charge in [-0.05, 0) is 6.92 Å². The minimum atomic E-state index is -0.963. The zero-order valence-corrected chi connectivity index (χ0v) is 3.60. The SMILES string of the molecule is CC#C[C@H](N)O. The van der Waals surface area contributed by atoms with Crippen molar-refractivity contribution in [2.45, 2.75) is 13.2 Å². The Morgan fingerprint density at radius 1 is 1.83 bits per heavy atom. The summed E-state index contributed by atoms with van der Waals surface area (Å²) in [6.45, 7) is 1.62. The van der Waals surface area contributed by atoms with Gasteiger partial charge >= 0.3 is 0 Å². The third-order valence-corrected chi connectivity index (χ3v) is 0.292. The highest BCUT2D eigenvalue weighted by Gasteiger charge is 1.76. The summed E-state index contributed by atoms with van der Waals surface area (Å²) in [7, 11) is 0. The number of aliphatic hydroxyl groups excluding tert-OH is 1. The Kier molecular flexibility index (Phi) is 2.47. The van der Waals surface area contributed by atoms with Gasteiger partial charge < -0.3 is 5.11 Å². The number of aliphatic hydroxyl groups is 1. The summed E-state index contributed by atoms with van der Waals surface area (Å²) in [5.41, 5.74) is 4.78. The van der Waals surface area contributed by atoms with E-state index in [0.717, 1.165) is 0 Å². The molecule has 1 atom stereocenters. The summed E-state index contributed by atoms with van der Waals surface area (Å²) in [4.78, 5) is 0. The Bertz CT molecular complexity index is 77.3. The lowest BCUT2D eigenvalue weighted by molar-refractivity contribution is 0.241. The van der Waals surface area contributed by atoms with Crippen molar-refractivity contribution >= 4 is 0 Å². The molecule has 3 N–H and O–H groups in total. The largest absolute Gasteiger partial charge is 0.368 e. The summed E-state index contributed by atoms with van der Waals surface area (Å²) in [6.07, 6.45) is -0.963. The van der Waals surface area contributed by atoms with Crippen LogP contribution in [0.25, 0.3) is 0 Å². The number of hydrogen-bond acceptors (Lipinski definition) is 2. The third-order valence-electron chi connectivity index (χ3n) is 0.292. The third kappa shape index (κ3) is 3.48. The van der Waals surface area contributed by atoms with Crippen molar-refractivity contribution in [1.29, 1.82) is 0 Å². The van der Waals surface area contributed by atoms with E-state index in [4.69, 9.17) is 10.8 Å². The lowest BCUT2D eigenvalue weighted by Crippen LogP contribution is -2.14. The van der Waals surface area contributed by atoms with E-state index < -0.39 is 6.23 Å². The number of hydrogen-bond donors (Lipinski definition) is 2. The molecule has 0 aliphatic heterocycles. The van der Waals surface area contributed by atoms with Crippen LogP contribution < -0.4 is 5.73 Å². The average molecular weight is 85.1 g/mol. The molecule has 0 aromatic rings. The maximum Gasteiger partial charge on any atom is 0.165 e. The fourth-order valence-corrected chi connectivity index (χ4v) is 0.148. The van der Waals surface area contributed by atoms with Crippen LogP contribution in [0.5, 0.6) is 0 Å². The quantitative estimate of drug-likeness (QED) is 0.301. The normalized spacial score (nSPS) is 11.8. The first kappa shape index (κ1) is 5.48. The standard InChI is InChI=1S/C4H7NO/c1-2-3-4(5)6/h4,6H,5H2,1H3/t4-/m1/s1. The first-order valence-corrected chi connectivity index (χ1v) is 1.63.